The molecule has 14 heavy (non-hydrogen) atoms. The summed E-state index contributed by atoms with van der Waals surface area (Å²) >= 11 is 11.4. The molecule has 0 aliphatic rings. The van der Waals surface area contributed by atoms with Gasteiger partial charge in [-0.25, -0.2) is 9.97 Å². The predicted octanol–water partition coefficient (Wildman–Crippen LogP) is 3.10. The van der Waals surface area contributed by atoms with Gasteiger partial charge in [0, 0.05) is 6.07 Å². The van der Waals surface area contributed by atoms with Gasteiger partial charge in [-0.2, -0.15) is 0 Å². The third kappa shape index (κ3) is 4.22. The zero-order chi connectivity index (χ0) is 10.8. The van der Waals surface area contributed by atoms with E-state index in [9.17, 15) is 0 Å². The second kappa shape index (κ2) is 4.43. The standard InChI is InChI=1S/C9H12Cl2N2O/c1-9(2,3)14-5-8-12-6(10)4-7(11)13-8/h4H,5H2,1-3H3. The smallest absolute Gasteiger partial charge is 0.157 e. The first-order chi connectivity index (χ1) is 6.37. The number of ether oxygens (including phenoxy) is 1. The van der Waals surface area contributed by atoms with Crippen LogP contribution in [-0.4, -0.2) is 15.6 Å². The van der Waals surface area contributed by atoms with Crippen molar-refractivity contribution in [1.82, 2.24) is 9.97 Å². The Morgan fingerprint density at radius 2 is 1.71 bits per heavy atom. The van der Waals surface area contributed by atoms with Gasteiger partial charge in [0.1, 0.15) is 16.9 Å². The van der Waals surface area contributed by atoms with Crippen LogP contribution in [0.25, 0.3) is 0 Å². The fourth-order valence-electron chi connectivity index (χ4n) is 0.780. The SMILES string of the molecule is CC(C)(C)OCc1nc(Cl)cc(Cl)n1. The van der Waals surface area contributed by atoms with Crippen LogP contribution >= 0.6 is 23.2 Å². The number of nitrogens with zero attached hydrogens (tertiary/aromatic N) is 2. The van der Waals surface area contributed by atoms with Gasteiger partial charge in [-0.1, -0.05) is 23.2 Å². The molecule has 0 N–H and O–H groups in total. The Morgan fingerprint density at radius 1 is 1.21 bits per heavy atom. The molecular weight excluding hydrogens is 223 g/mol. The van der Waals surface area contributed by atoms with E-state index in [0.717, 1.165) is 0 Å². The molecule has 78 valence electrons. The van der Waals surface area contributed by atoms with Crippen molar-refractivity contribution >= 4 is 23.2 Å². The van der Waals surface area contributed by atoms with Gasteiger partial charge in [0.15, 0.2) is 5.82 Å². The Kier molecular flexibility index (Phi) is 3.70. The largest absolute Gasteiger partial charge is 0.368 e. The monoisotopic (exact) mass is 234 g/mol. The molecule has 0 bridgehead atoms. The average molecular weight is 235 g/mol. The zero-order valence-electron chi connectivity index (χ0n) is 8.34. The lowest BCUT2D eigenvalue weighted by atomic mass is 10.2. The zero-order valence-corrected chi connectivity index (χ0v) is 9.85. The fourth-order valence-corrected chi connectivity index (χ4v) is 1.24. The summed E-state index contributed by atoms with van der Waals surface area (Å²) in [6.45, 7) is 6.18. The number of halogens is 2. The van der Waals surface area contributed by atoms with Gasteiger partial charge in [-0.15, -0.1) is 0 Å². The van der Waals surface area contributed by atoms with Crippen LogP contribution in [0.5, 0.6) is 0 Å². The molecular formula is C9H12Cl2N2O. The van der Waals surface area contributed by atoms with E-state index in [0.29, 0.717) is 22.7 Å². The molecule has 0 radical (unpaired) electrons. The highest BCUT2D eigenvalue weighted by molar-refractivity contribution is 6.33. The van der Waals surface area contributed by atoms with Crippen molar-refractivity contribution in [3.05, 3.63) is 22.2 Å². The Hall–Kier alpha value is -0.380. The summed E-state index contributed by atoms with van der Waals surface area (Å²) in [5, 5.41) is 0.662. The van der Waals surface area contributed by atoms with Crippen molar-refractivity contribution in [3.63, 3.8) is 0 Å². The minimum Gasteiger partial charge on any atom is -0.368 e. The lowest BCUT2D eigenvalue weighted by molar-refractivity contribution is -0.0181. The summed E-state index contributed by atoms with van der Waals surface area (Å²) in [4.78, 5) is 7.96. The van der Waals surface area contributed by atoms with Crippen LogP contribution in [0.2, 0.25) is 10.3 Å². The topological polar surface area (TPSA) is 35.0 Å². The first-order valence-corrected chi connectivity index (χ1v) is 4.95. The van der Waals surface area contributed by atoms with E-state index >= 15 is 0 Å². The van der Waals surface area contributed by atoms with Gasteiger partial charge in [0.05, 0.1) is 5.60 Å². The van der Waals surface area contributed by atoms with E-state index < -0.39 is 0 Å². The summed E-state index contributed by atoms with van der Waals surface area (Å²) in [5.41, 5.74) is -0.224. The second-order valence-corrected chi connectivity index (χ2v) is 4.61. The van der Waals surface area contributed by atoms with Crippen molar-refractivity contribution in [3.8, 4) is 0 Å². The third-order valence-electron chi connectivity index (χ3n) is 1.34. The molecule has 0 unspecified atom stereocenters. The number of hydrogen-bond donors (Lipinski definition) is 0. The normalized spacial score (nSPS) is 11.8. The van der Waals surface area contributed by atoms with Crippen molar-refractivity contribution in [2.75, 3.05) is 0 Å². The number of hydrogen-bond acceptors (Lipinski definition) is 3. The van der Waals surface area contributed by atoms with Gasteiger partial charge in [-0.3, -0.25) is 0 Å². The summed E-state index contributed by atoms with van der Waals surface area (Å²) in [5.74, 6) is 0.498. The van der Waals surface area contributed by atoms with Crippen LogP contribution in [-0.2, 0) is 11.3 Å². The average Bonchev–Trinajstić information content (AvgIpc) is 1.97. The first kappa shape index (κ1) is 11.7. The van der Waals surface area contributed by atoms with Gasteiger partial charge in [0.25, 0.3) is 0 Å². The molecule has 0 aliphatic carbocycles. The van der Waals surface area contributed by atoms with Crippen LogP contribution in [0, 0.1) is 0 Å². The van der Waals surface area contributed by atoms with E-state index in [4.69, 9.17) is 27.9 Å². The lowest BCUT2D eigenvalue weighted by Crippen LogP contribution is -2.19. The highest BCUT2D eigenvalue weighted by Crippen LogP contribution is 2.14. The molecule has 0 saturated carbocycles. The molecule has 1 rings (SSSR count). The number of rotatable bonds is 2. The molecule has 1 heterocycles. The van der Waals surface area contributed by atoms with E-state index in [1.165, 1.54) is 6.07 Å². The molecule has 0 saturated heterocycles. The van der Waals surface area contributed by atoms with E-state index in [-0.39, 0.29) is 5.60 Å². The maximum atomic E-state index is 5.71. The quantitative estimate of drug-likeness (QED) is 0.738. The van der Waals surface area contributed by atoms with E-state index in [2.05, 4.69) is 9.97 Å². The Morgan fingerprint density at radius 3 is 2.14 bits per heavy atom. The first-order valence-electron chi connectivity index (χ1n) is 4.20. The fraction of sp³-hybridized carbons (Fsp3) is 0.556. The molecule has 0 spiro atoms. The summed E-state index contributed by atoms with van der Waals surface area (Å²) in [7, 11) is 0. The Labute approximate surface area is 93.4 Å². The van der Waals surface area contributed by atoms with Crippen LogP contribution in [0.1, 0.15) is 26.6 Å². The minimum atomic E-state index is -0.224. The van der Waals surface area contributed by atoms with Crippen molar-refractivity contribution < 1.29 is 4.74 Å². The Bertz CT molecular complexity index is 303. The van der Waals surface area contributed by atoms with Crippen molar-refractivity contribution in [2.24, 2.45) is 0 Å². The molecule has 1 aromatic rings. The second-order valence-electron chi connectivity index (χ2n) is 3.83. The molecule has 0 amide bonds. The molecule has 0 aromatic carbocycles. The molecule has 0 aliphatic heterocycles. The molecule has 0 fully saturated rings. The highest BCUT2D eigenvalue weighted by Gasteiger charge is 2.11. The van der Waals surface area contributed by atoms with Gasteiger partial charge in [-0.05, 0) is 20.8 Å². The summed E-state index contributed by atoms with van der Waals surface area (Å²) in [6.07, 6.45) is 0. The van der Waals surface area contributed by atoms with Crippen LogP contribution < -0.4 is 0 Å². The third-order valence-corrected chi connectivity index (χ3v) is 1.73. The van der Waals surface area contributed by atoms with Crippen LogP contribution in [0.3, 0.4) is 0 Å². The van der Waals surface area contributed by atoms with E-state index in [1.807, 2.05) is 20.8 Å². The Balaban J connectivity index is 2.68. The van der Waals surface area contributed by atoms with Gasteiger partial charge >= 0.3 is 0 Å². The van der Waals surface area contributed by atoms with E-state index in [1.54, 1.807) is 0 Å². The summed E-state index contributed by atoms with van der Waals surface area (Å²) in [6, 6.07) is 1.49. The van der Waals surface area contributed by atoms with Crippen molar-refractivity contribution in [2.45, 2.75) is 33.0 Å². The predicted molar refractivity (Wildman–Crippen MR) is 56.6 cm³/mol. The van der Waals surface area contributed by atoms with Crippen LogP contribution in [0.15, 0.2) is 6.07 Å². The maximum absolute atomic E-state index is 5.71. The van der Waals surface area contributed by atoms with Crippen molar-refractivity contribution in [1.29, 1.82) is 0 Å². The van der Waals surface area contributed by atoms with Gasteiger partial charge < -0.3 is 4.74 Å². The highest BCUT2D eigenvalue weighted by atomic mass is 35.5. The molecule has 3 nitrogen and oxygen atoms in total. The molecule has 1 aromatic heterocycles. The summed E-state index contributed by atoms with van der Waals surface area (Å²) < 4.78 is 5.48. The maximum Gasteiger partial charge on any atom is 0.157 e. The minimum absolute atomic E-state index is 0.224. The van der Waals surface area contributed by atoms with Gasteiger partial charge in [0.2, 0.25) is 0 Å². The molecule has 5 heteroatoms. The van der Waals surface area contributed by atoms with Crippen LogP contribution in [0.4, 0.5) is 0 Å². The molecule has 0 atom stereocenters. The lowest BCUT2D eigenvalue weighted by Gasteiger charge is -2.18. The number of aromatic nitrogens is 2.